The first-order valence-electron chi connectivity index (χ1n) is 8.57. The number of methoxy groups -OCH3 is 1. The third kappa shape index (κ3) is 4.55. The zero-order valence-electron chi connectivity index (χ0n) is 15.5. The summed E-state index contributed by atoms with van der Waals surface area (Å²) in [5, 5.41) is 11.9. The van der Waals surface area contributed by atoms with Crippen molar-refractivity contribution >= 4 is 29.3 Å². The highest BCUT2D eigenvalue weighted by Gasteiger charge is 2.14. The predicted octanol–water partition coefficient (Wildman–Crippen LogP) is 2.88. The number of hydrogen-bond acceptors (Lipinski definition) is 7. The van der Waals surface area contributed by atoms with Gasteiger partial charge in [0.05, 0.1) is 18.4 Å². The minimum atomic E-state index is -0.419. The Kier molecular flexibility index (Phi) is 6.38. The van der Waals surface area contributed by atoms with Gasteiger partial charge in [-0.05, 0) is 43.3 Å². The number of esters is 1. The summed E-state index contributed by atoms with van der Waals surface area (Å²) in [6.45, 7) is 2.69. The fraction of sp³-hybridized carbons (Fsp3) is 0.211. The lowest BCUT2D eigenvalue weighted by Gasteiger charge is -2.08. The maximum absolute atomic E-state index is 12.2. The Bertz CT molecular complexity index is 957. The molecule has 0 fully saturated rings. The van der Waals surface area contributed by atoms with E-state index in [1.54, 1.807) is 36.7 Å². The molecule has 2 heterocycles. The molecule has 3 aromatic rings. The van der Waals surface area contributed by atoms with Crippen LogP contribution in [-0.2, 0) is 16.1 Å². The first kappa shape index (κ1) is 19.6. The number of thioether (sulfide) groups is 1. The molecule has 28 heavy (non-hydrogen) atoms. The molecule has 0 saturated heterocycles. The standard InChI is InChI=1S/C19H19N5O3S/c1-3-24-17(13-8-10-20-11-9-13)22-23-19(24)28-12-16(25)21-15-6-4-14(5-7-15)18(26)27-2/h4-11H,3,12H2,1-2H3,(H,21,25). The molecule has 0 atom stereocenters. The second-order valence-corrected chi connectivity index (χ2v) is 6.63. The molecule has 8 nitrogen and oxygen atoms in total. The fourth-order valence-electron chi connectivity index (χ4n) is 2.53. The Morgan fingerprint density at radius 3 is 2.46 bits per heavy atom. The lowest BCUT2D eigenvalue weighted by Crippen LogP contribution is -2.14. The molecular formula is C19H19N5O3S. The molecule has 0 unspecified atom stereocenters. The highest BCUT2D eigenvalue weighted by atomic mass is 32.2. The van der Waals surface area contributed by atoms with Crippen LogP contribution in [0.3, 0.4) is 0 Å². The van der Waals surface area contributed by atoms with Crippen molar-refractivity contribution in [2.24, 2.45) is 0 Å². The molecule has 1 N–H and O–H groups in total. The molecule has 0 radical (unpaired) electrons. The van der Waals surface area contributed by atoms with Gasteiger partial charge < -0.3 is 14.6 Å². The van der Waals surface area contributed by atoms with Crippen LogP contribution in [0, 0.1) is 0 Å². The van der Waals surface area contributed by atoms with E-state index in [0.29, 0.717) is 23.0 Å². The third-order valence-corrected chi connectivity index (χ3v) is 4.86. The van der Waals surface area contributed by atoms with Gasteiger partial charge in [0.15, 0.2) is 11.0 Å². The molecular weight excluding hydrogens is 378 g/mol. The van der Waals surface area contributed by atoms with Crippen LogP contribution in [0.4, 0.5) is 5.69 Å². The minimum Gasteiger partial charge on any atom is -0.465 e. The van der Waals surface area contributed by atoms with Crippen molar-refractivity contribution in [3.8, 4) is 11.4 Å². The predicted molar refractivity (Wildman–Crippen MR) is 106 cm³/mol. The number of amides is 1. The molecule has 0 bridgehead atoms. The van der Waals surface area contributed by atoms with Crippen LogP contribution >= 0.6 is 11.8 Å². The SMILES string of the molecule is CCn1c(SCC(=O)Nc2ccc(C(=O)OC)cc2)nnc1-c1ccncc1. The lowest BCUT2D eigenvalue weighted by molar-refractivity contribution is -0.113. The van der Waals surface area contributed by atoms with Crippen molar-refractivity contribution < 1.29 is 14.3 Å². The maximum Gasteiger partial charge on any atom is 0.337 e. The zero-order chi connectivity index (χ0) is 19.9. The monoisotopic (exact) mass is 397 g/mol. The van der Waals surface area contributed by atoms with Crippen LogP contribution < -0.4 is 5.32 Å². The van der Waals surface area contributed by atoms with E-state index in [4.69, 9.17) is 0 Å². The van der Waals surface area contributed by atoms with E-state index in [0.717, 1.165) is 11.4 Å². The number of pyridine rings is 1. The van der Waals surface area contributed by atoms with Crippen LogP contribution in [0.25, 0.3) is 11.4 Å². The van der Waals surface area contributed by atoms with Gasteiger partial charge in [0.1, 0.15) is 0 Å². The molecule has 0 saturated carbocycles. The highest BCUT2D eigenvalue weighted by molar-refractivity contribution is 7.99. The molecule has 9 heteroatoms. The van der Waals surface area contributed by atoms with E-state index in [9.17, 15) is 9.59 Å². The highest BCUT2D eigenvalue weighted by Crippen LogP contribution is 2.23. The van der Waals surface area contributed by atoms with Crippen LogP contribution in [0.1, 0.15) is 17.3 Å². The Hall–Kier alpha value is -3.20. The number of aromatic nitrogens is 4. The maximum atomic E-state index is 12.2. The molecule has 1 amide bonds. The number of rotatable bonds is 7. The van der Waals surface area contributed by atoms with E-state index in [1.165, 1.54) is 18.9 Å². The molecule has 0 aliphatic carbocycles. The molecule has 0 aliphatic heterocycles. The number of hydrogen-bond donors (Lipinski definition) is 1. The smallest absolute Gasteiger partial charge is 0.337 e. The van der Waals surface area contributed by atoms with Gasteiger partial charge in [-0.25, -0.2) is 4.79 Å². The second kappa shape index (κ2) is 9.14. The van der Waals surface area contributed by atoms with Crippen LogP contribution in [-0.4, -0.2) is 44.5 Å². The average molecular weight is 397 g/mol. The Balaban J connectivity index is 1.62. The van der Waals surface area contributed by atoms with Gasteiger partial charge in [0.2, 0.25) is 5.91 Å². The van der Waals surface area contributed by atoms with Crippen molar-refractivity contribution in [2.75, 3.05) is 18.2 Å². The molecule has 3 rings (SSSR count). The van der Waals surface area contributed by atoms with E-state index in [1.807, 2.05) is 23.6 Å². The topological polar surface area (TPSA) is 99.0 Å². The van der Waals surface area contributed by atoms with Gasteiger partial charge in [-0.3, -0.25) is 9.78 Å². The fourth-order valence-corrected chi connectivity index (χ4v) is 3.33. The summed E-state index contributed by atoms with van der Waals surface area (Å²) in [7, 11) is 1.32. The van der Waals surface area contributed by atoms with Gasteiger partial charge in [-0.2, -0.15) is 0 Å². The van der Waals surface area contributed by atoms with Crippen LogP contribution in [0.5, 0.6) is 0 Å². The Morgan fingerprint density at radius 2 is 1.82 bits per heavy atom. The normalized spacial score (nSPS) is 10.5. The first-order valence-corrected chi connectivity index (χ1v) is 9.55. The summed E-state index contributed by atoms with van der Waals surface area (Å²) in [4.78, 5) is 27.7. The quantitative estimate of drug-likeness (QED) is 0.483. The van der Waals surface area contributed by atoms with Crippen molar-refractivity contribution in [3.63, 3.8) is 0 Å². The number of carbonyl (C=O) groups is 2. The number of anilines is 1. The molecule has 2 aromatic heterocycles. The molecule has 0 aliphatic rings. The van der Waals surface area contributed by atoms with E-state index >= 15 is 0 Å². The summed E-state index contributed by atoms with van der Waals surface area (Å²) in [5.74, 6) is 0.336. The van der Waals surface area contributed by atoms with E-state index in [-0.39, 0.29) is 11.7 Å². The minimum absolute atomic E-state index is 0.174. The summed E-state index contributed by atoms with van der Waals surface area (Å²) >= 11 is 1.31. The zero-order valence-corrected chi connectivity index (χ0v) is 16.3. The number of carbonyl (C=O) groups excluding carboxylic acids is 2. The number of nitrogens with zero attached hydrogens (tertiary/aromatic N) is 4. The van der Waals surface area contributed by atoms with E-state index in [2.05, 4.69) is 25.2 Å². The summed E-state index contributed by atoms with van der Waals surface area (Å²) in [5.41, 5.74) is 1.95. The number of ether oxygens (including phenoxy) is 1. The second-order valence-electron chi connectivity index (χ2n) is 5.69. The first-order chi connectivity index (χ1) is 13.6. The summed E-state index contributed by atoms with van der Waals surface area (Å²) < 4.78 is 6.61. The van der Waals surface area contributed by atoms with Gasteiger partial charge in [-0.15, -0.1) is 10.2 Å². The van der Waals surface area contributed by atoms with Gasteiger partial charge in [0.25, 0.3) is 0 Å². The van der Waals surface area contributed by atoms with Crippen LogP contribution in [0.15, 0.2) is 53.9 Å². The third-order valence-electron chi connectivity index (χ3n) is 3.89. The van der Waals surface area contributed by atoms with Crippen molar-refractivity contribution in [3.05, 3.63) is 54.4 Å². The van der Waals surface area contributed by atoms with Crippen molar-refractivity contribution in [1.29, 1.82) is 0 Å². The van der Waals surface area contributed by atoms with Gasteiger partial charge in [-0.1, -0.05) is 11.8 Å². The van der Waals surface area contributed by atoms with Crippen LogP contribution in [0.2, 0.25) is 0 Å². The lowest BCUT2D eigenvalue weighted by atomic mass is 10.2. The van der Waals surface area contributed by atoms with E-state index < -0.39 is 5.97 Å². The Labute approximate surface area is 166 Å². The molecule has 144 valence electrons. The van der Waals surface area contributed by atoms with Crippen molar-refractivity contribution in [2.45, 2.75) is 18.6 Å². The molecule has 0 spiro atoms. The number of nitrogens with one attached hydrogen (secondary N) is 1. The Morgan fingerprint density at radius 1 is 1.11 bits per heavy atom. The summed E-state index contributed by atoms with van der Waals surface area (Å²) in [6, 6.07) is 10.3. The van der Waals surface area contributed by atoms with Crippen molar-refractivity contribution in [1.82, 2.24) is 19.7 Å². The average Bonchev–Trinajstić information content (AvgIpc) is 3.16. The van der Waals surface area contributed by atoms with Gasteiger partial charge >= 0.3 is 5.97 Å². The number of benzene rings is 1. The largest absolute Gasteiger partial charge is 0.465 e. The molecule has 1 aromatic carbocycles. The van der Waals surface area contributed by atoms with Gasteiger partial charge in [0, 0.05) is 30.2 Å². The summed E-state index contributed by atoms with van der Waals surface area (Å²) in [6.07, 6.45) is 3.41.